The van der Waals surface area contributed by atoms with Gasteiger partial charge in [-0.2, -0.15) is 0 Å². The Labute approximate surface area is 111 Å². The molecule has 0 aliphatic carbocycles. The molecule has 1 atom stereocenters. The summed E-state index contributed by atoms with van der Waals surface area (Å²) < 4.78 is 2.46. The van der Waals surface area contributed by atoms with Crippen molar-refractivity contribution in [1.29, 1.82) is 0 Å². The predicted octanol–water partition coefficient (Wildman–Crippen LogP) is 2.20. The largest absolute Gasteiger partial charge is 0.368 e. The van der Waals surface area contributed by atoms with Crippen LogP contribution in [0.25, 0.3) is 0 Å². The number of carbonyl (C=O) groups is 1. The minimum Gasteiger partial charge on any atom is -0.368 e. The summed E-state index contributed by atoms with van der Waals surface area (Å²) >= 11 is 2.16. The third kappa shape index (κ3) is 1.66. The summed E-state index contributed by atoms with van der Waals surface area (Å²) in [6.07, 6.45) is 0.799. The van der Waals surface area contributed by atoms with Crippen molar-refractivity contribution in [2.45, 2.75) is 6.23 Å². The number of hydrogen-bond acceptors (Lipinski definition) is 3. The average Bonchev–Trinajstić information content (AvgIpc) is 2.76. The van der Waals surface area contributed by atoms with E-state index in [2.05, 4.69) is 27.9 Å². The molecule has 1 aliphatic heterocycles. The number of carbonyl (C=O) groups excluding carboxylic acids is 1. The van der Waals surface area contributed by atoms with E-state index in [4.69, 9.17) is 0 Å². The van der Waals surface area contributed by atoms with E-state index in [1.54, 1.807) is 18.3 Å². The second-order valence-corrected chi connectivity index (χ2v) is 5.09. The van der Waals surface area contributed by atoms with Crippen LogP contribution in [-0.2, 0) is 0 Å². The Kier molecular flexibility index (Phi) is 2.44. The van der Waals surface area contributed by atoms with E-state index in [0.29, 0.717) is 16.9 Å². The van der Waals surface area contributed by atoms with Crippen LogP contribution in [0.2, 0.25) is 0 Å². The second-order valence-electron chi connectivity index (χ2n) is 3.84. The Bertz CT molecular complexity index is 606. The summed E-state index contributed by atoms with van der Waals surface area (Å²) in [5, 5.41) is 12.9. The fourth-order valence-corrected chi connectivity index (χ4v) is 2.46. The molecule has 4 nitrogen and oxygen atoms in total. The van der Waals surface area contributed by atoms with Crippen molar-refractivity contribution in [1.82, 2.24) is 4.57 Å². The zero-order chi connectivity index (χ0) is 12.0. The van der Waals surface area contributed by atoms with Gasteiger partial charge in [0.1, 0.15) is 0 Å². The van der Waals surface area contributed by atoms with Crippen LogP contribution in [0.3, 0.4) is 0 Å². The van der Waals surface area contributed by atoms with Gasteiger partial charge in [0.25, 0.3) is 5.91 Å². The Morgan fingerprint density at radius 3 is 3.00 bits per heavy atom. The van der Waals surface area contributed by atoms with Gasteiger partial charge in [0, 0.05) is 15.5 Å². The van der Waals surface area contributed by atoms with E-state index >= 15 is 0 Å². The predicted molar refractivity (Wildman–Crippen MR) is 71.9 cm³/mol. The number of nitrogens with zero attached hydrogens (tertiary/aromatic N) is 1. The molecule has 1 aromatic carbocycles. The van der Waals surface area contributed by atoms with Gasteiger partial charge in [-0.05, 0) is 52.9 Å². The third-order valence-electron chi connectivity index (χ3n) is 2.78. The van der Waals surface area contributed by atoms with E-state index in [-0.39, 0.29) is 5.91 Å². The van der Waals surface area contributed by atoms with E-state index in [1.807, 2.05) is 18.2 Å². The van der Waals surface area contributed by atoms with Crippen molar-refractivity contribution in [3.63, 3.8) is 0 Å². The standard InChI is InChI=1S/C12H9IN2O2/c13-7-3-4-9-8(6-7)12(17)15-5-1-2-10(15)11(16)14-9/h1-6,11,14,16H. The quantitative estimate of drug-likeness (QED) is 0.723. The molecular formula is C12H9IN2O2. The highest BCUT2D eigenvalue weighted by Gasteiger charge is 2.24. The van der Waals surface area contributed by atoms with Gasteiger partial charge in [-0.15, -0.1) is 0 Å². The highest BCUT2D eigenvalue weighted by Crippen LogP contribution is 2.28. The zero-order valence-electron chi connectivity index (χ0n) is 8.72. The van der Waals surface area contributed by atoms with E-state index in [0.717, 1.165) is 3.57 Å². The second kappa shape index (κ2) is 3.85. The molecule has 2 heterocycles. The number of aliphatic hydroxyl groups excluding tert-OH is 1. The lowest BCUT2D eigenvalue weighted by Crippen LogP contribution is -2.14. The fourth-order valence-electron chi connectivity index (χ4n) is 1.97. The van der Waals surface area contributed by atoms with Crippen molar-refractivity contribution in [2.75, 3.05) is 5.32 Å². The summed E-state index contributed by atoms with van der Waals surface area (Å²) in [6, 6.07) is 8.99. The maximum absolute atomic E-state index is 12.3. The first-order chi connectivity index (χ1) is 8.16. The number of benzene rings is 1. The Morgan fingerprint density at radius 2 is 2.18 bits per heavy atom. The third-order valence-corrected chi connectivity index (χ3v) is 3.45. The first kappa shape index (κ1) is 10.8. The molecule has 2 N–H and O–H groups in total. The minimum absolute atomic E-state index is 0.123. The molecule has 0 bridgehead atoms. The SMILES string of the molecule is O=C1c2cc(I)ccc2NC(O)c2cccn21. The lowest BCUT2D eigenvalue weighted by molar-refractivity contribution is 0.0950. The monoisotopic (exact) mass is 340 g/mol. The Morgan fingerprint density at radius 1 is 1.35 bits per heavy atom. The van der Waals surface area contributed by atoms with Gasteiger partial charge >= 0.3 is 0 Å². The van der Waals surface area contributed by atoms with Crippen LogP contribution in [-0.4, -0.2) is 15.6 Å². The molecule has 5 heteroatoms. The van der Waals surface area contributed by atoms with Crippen molar-refractivity contribution >= 4 is 34.2 Å². The molecule has 1 unspecified atom stereocenters. The number of anilines is 1. The summed E-state index contributed by atoms with van der Waals surface area (Å²) in [7, 11) is 0. The Balaban J connectivity index is 2.25. The lowest BCUT2D eigenvalue weighted by Gasteiger charge is -2.11. The number of halogens is 1. The molecule has 3 rings (SSSR count). The highest BCUT2D eigenvalue weighted by atomic mass is 127. The molecule has 86 valence electrons. The molecule has 17 heavy (non-hydrogen) atoms. The number of aliphatic hydroxyl groups is 1. The topological polar surface area (TPSA) is 54.3 Å². The van der Waals surface area contributed by atoms with Crippen LogP contribution < -0.4 is 5.32 Å². The molecule has 0 saturated carbocycles. The maximum Gasteiger partial charge on any atom is 0.264 e. The normalized spacial score (nSPS) is 18.0. The molecule has 0 radical (unpaired) electrons. The van der Waals surface area contributed by atoms with Gasteiger partial charge in [-0.1, -0.05) is 0 Å². The van der Waals surface area contributed by atoms with Crippen molar-refractivity contribution in [3.05, 3.63) is 51.4 Å². The summed E-state index contributed by atoms with van der Waals surface area (Å²) in [4.78, 5) is 12.3. The molecule has 0 spiro atoms. The number of aromatic nitrogens is 1. The molecule has 0 fully saturated rings. The van der Waals surface area contributed by atoms with Gasteiger partial charge in [0.15, 0.2) is 6.23 Å². The number of hydrogen-bond donors (Lipinski definition) is 2. The minimum atomic E-state index is -0.865. The van der Waals surface area contributed by atoms with Gasteiger partial charge in [0.2, 0.25) is 0 Å². The van der Waals surface area contributed by atoms with Crippen LogP contribution in [0.1, 0.15) is 22.3 Å². The van der Waals surface area contributed by atoms with Gasteiger partial charge < -0.3 is 10.4 Å². The van der Waals surface area contributed by atoms with E-state index < -0.39 is 6.23 Å². The van der Waals surface area contributed by atoms with Gasteiger partial charge in [-0.25, -0.2) is 0 Å². The molecule has 1 aliphatic rings. The highest BCUT2D eigenvalue weighted by molar-refractivity contribution is 14.1. The molecule has 0 saturated heterocycles. The molecule has 1 aromatic heterocycles. The van der Waals surface area contributed by atoms with Crippen LogP contribution >= 0.6 is 22.6 Å². The number of fused-ring (bicyclic) bond motifs is 2. The fraction of sp³-hybridized carbons (Fsp3) is 0.0833. The maximum atomic E-state index is 12.3. The van der Waals surface area contributed by atoms with E-state index in [9.17, 15) is 9.90 Å². The van der Waals surface area contributed by atoms with Gasteiger partial charge in [0.05, 0.1) is 11.3 Å². The van der Waals surface area contributed by atoms with Crippen molar-refractivity contribution in [3.8, 4) is 0 Å². The summed E-state index contributed by atoms with van der Waals surface area (Å²) in [5.41, 5.74) is 1.79. The van der Waals surface area contributed by atoms with Crippen LogP contribution in [0.15, 0.2) is 36.5 Å². The summed E-state index contributed by atoms with van der Waals surface area (Å²) in [6.45, 7) is 0. The number of rotatable bonds is 0. The van der Waals surface area contributed by atoms with E-state index in [1.165, 1.54) is 4.57 Å². The van der Waals surface area contributed by atoms with Crippen molar-refractivity contribution < 1.29 is 9.90 Å². The van der Waals surface area contributed by atoms with Crippen LogP contribution in [0, 0.1) is 3.57 Å². The molecule has 2 aromatic rings. The van der Waals surface area contributed by atoms with Crippen molar-refractivity contribution in [2.24, 2.45) is 0 Å². The molecule has 0 amide bonds. The lowest BCUT2D eigenvalue weighted by atomic mass is 10.1. The van der Waals surface area contributed by atoms with Crippen LogP contribution in [0.5, 0.6) is 0 Å². The Hall–Kier alpha value is -1.34. The number of nitrogens with one attached hydrogen (secondary N) is 1. The van der Waals surface area contributed by atoms with Gasteiger partial charge in [-0.3, -0.25) is 9.36 Å². The average molecular weight is 340 g/mol. The molecular weight excluding hydrogens is 331 g/mol. The first-order valence-corrected chi connectivity index (χ1v) is 6.21. The first-order valence-electron chi connectivity index (χ1n) is 5.13. The summed E-state index contributed by atoms with van der Waals surface area (Å²) in [5.74, 6) is -0.123. The zero-order valence-corrected chi connectivity index (χ0v) is 10.9. The smallest absolute Gasteiger partial charge is 0.264 e. The van der Waals surface area contributed by atoms with Crippen LogP contribution in [0.4, 0.5) is 5.69 Å².